The molecule has 0 aromatic heterocycles. The average Bonchev–Trinajstić information content (AvgIpc) is 2.67. The van der Waals surface area contributed by atoms with Crippen LogP contribution in [0, 0.1) is 0 Å². The lowest BCUT2D eigenvalue weighted by molar-refractivity contribution is -0.132. The predicted molar refractivity (Wildman–Crippen MR) is 107 cm³/mol. The van der Waals surface area contributed by atoms with Gasteiger partial charge in [0.25, 0.3) is 0 Å². The Kier molecular flexibility index (Phi) is 12.8. The highest BCUT2D eigenvalue weighted by molar-refractivity contribution is 5.76. The number of aryl methyl sites for hydroxylation is 2. The van der Waals surface area contributed by atoms with Crippen LogP contribution >= 0.6 is 0 Å². The SMILES string of the molecule is CCc1ccc(CCCCCCCCC(=O)N(CCO)CCOC)cc1. The molecule has 1 aromatic carbocycles. The summed E-state index contributed by atoms with van der Waals surface area (Å²) in [4.78, 5) is 13.8. The van der Waals surface area contributed by atoms with Gasteiger partial charge in [0.1, 0.15) is 0 Å². The van der Waals surface area contributed by atoms with Crippen LogP contribution < -0.4 is 0 Å². The van der Waals surface area contributed by atoms with E-state index in [1.54, 1.807) is 12.0 Å². The van der Waals surface area contributed by atoms with Crippen molar-refractivity contribution in [3.63, 3.8) is 0 Å². The predicted octanol–water partition coefficient (Wildman–Crippen LogP) is 3.99. The molecule has 0 aliphatic carbocycles. The summed E-state index contributed by atoms with van der Waals surface area (Å²) in [6.45, 7) is 3.69. The number of carbonyl (C=O) groups excluding carboxylic acids is 1. The molecule has 0 saturated carbocycles. The van der Waals surface area contributed by atoms with E-state index in [2.05, 4.69) is 31.2 Å². The Morgan fingerprint density at radius 2 is 1.58 bits per heavy atom. The van der Waals surface area contributed by atoms with E-state index < -0.39 is 0 Å². The number of nitrogens with zero attached hydrogens (tertiary/aromatic N) is 1. The summed E-state index contributed by atoms with van der Waals surface area (Å²) in [5.74, 6) is 0.131. The van der Waals surface area contributed by atoms with E-state index in [0.29, 0.717) is 26.1 Å². The van der Waals surface area contributed by atoms with Crippen LogP contribution in [0.2, 0.25) is 0 Å². The molecule has 4 nitrogen and oxygen atoms in total. The maximum atomic E-state index is 12.1. The molecule has 1 rings (SSSR count). The fraction of sp³-hybridized carbons (Fsp3) is 0.682. The molecule has 0 radical (unpaired) electrons. The molecule has 0 aliphatic rings. The van der Waals surface area contributed by atoms with Gasteiger partial charge in [-0.15, -0.1) is 0 Å². The first kappa shape index (κ1) is 22.7. The number of amides is 1. The Hall–Kier alpha value is -1.39. The van der Waals surface area contributed by atoms with Gasteiger partial charge in [-0.05, 0) is 36.8 Å². The Labute approximate surface area is 159 Å². The van der Waals surface area contributed by atoms with Crippen molar-refractivity contribution in [3.8, 4) is 0 Å². The quantitative estimate of drug-likeness (QED) is 0.479. The molecule has 0 spiro atoms. The third-order valence-corrected chi connectivity index (χ3v) is 4.83. The number of methoxy groups -OCH3 is 1. The van der Waals surface area contributed by atoms with Crippen LogP contribution in [0.5, 0.6) is 0 Å². The number of hydrogen-bond donors (Lipinski definition) is 1. The number of ether oxygens (including phenoxy) is 1. The Morgan fingerprint density at radius 3 is 2.19 bits per heavy atom. The maximum absolute atomic E-state index is 12.1. The zero-order valence-corrected chi connectivity index (χ0v) is 16.7. The van der Waals surface area contributed by atoms with Gasteiger partial charge in [0.2, 0.25) is 5.91 Å². The fourth-order valence-corrected chi connectivity index (χ4v) is 3.10. The second-order valence-corrected chi connectivity index (χ2v) is 6.89. The van der Waals surface area contributed by atoms with Gasteiger partial charge in [-0.3, -0.25) is 4.79 Å². The molecule has 0 aliphatic heterocycles. The zero-order valence-electron chi connectivity index (χ0n) is 16.7. The molecule has 1 N–H and O–H groups in total. The highest BCUT2D eigenvalue weighted by Crippen LogP contribution is 2.12. The summed E-state index contributed by atoms with van der Waals surface area (Å²) in [7, 11) is 1.63. The molecule has 0 bridgehead atoms. The Balaban J connectivity index is 2.04. The summed E-state index contributed by atoms with van der Waals surface area (Å²) >= 11 is 0. The molecule has 0 heterocycles. The van der Waals surface area contributed by atoms with Crippen molar-refractivity contribution in [3.05, 3.63) is 35.4 Å². The van der Waals surface area contributed by atoms with Gasteiger partial charge in [-0.1, -0.05) is 56.9 Å². The second kappa shape index (κ2) is 14.7. The van der Waals surface area contributed by atoms with Crippen LogP contribution in [-0.4, -0.2) is 49.3 Å². The Morgan fingerprint density at radius 1 is 0.962 bits per heavy atom. The standard InChI is InChI=1S/C22H37NO3/c1-3-20-12-14-21(15-13-20)10-8-6-4-5-7-9-11-22(25)23(16-18-24)17-19-26-2/h12-15,24H,3-11,16-19H2,1-2H3. The third-order valence-electron chi connectivity index (χ3n) is 4.83. The van der Waals surface area contributed by atoms with Crippen molar-refractivity contribution < 1.29 is 14.6 Å². The number of hydrogen-bond acceptors (Lipinski definition) is 3. The van der Waals surface area contributed by atoms with E-state index in [4.69, 9.17) is 9.84 Å². The van der Waals surface area contributed by atoms with Crippen LogP contribution in [-0.2, 0) is 22.4 Å². The molecular formula is C22H37NO3. The van der Waals surface area contributed by atoms with E-state index in [-0.39, 0.29) is 12.5 Å². The zero-order chi connectivity index (χ0) is 19.0. The molecule has 1 amide bonds. The van der Waals surface area contributed by atoms with Gasteiger partial charge in [-0.25, -0.2) is 0 Å². The molecule has 1 aromatic rings. The van der Waals surface area contributed by atoms with E-state index >= 15 is 0 Å². The van der Waals surface area contributed by atoms with Crippen LogP contribution in [0.1, 0.15) is 63.0 Å². The van der Waals surface area contributed by atoms with Crippen LogP contribution in [0.25, 0.3) is 0 Å². The molecular weight excluding hydrogens is 326 g/mol. The van der Waals surface area contributed by atoms with Crippen LogP contribution in [0.15, 0.2) is 24.3 Å². The van der Waals surface area contributed by atoms with Crippen LogP contribution in [0.3, 0.4) is 0 Å². The molecule has 148 valence electrons. The van der Waals surface area contributed by atoms with Crippen molar-refractivity contribution >= 4 is 5.91 Å². The minimum atomic E-state index is 0.0105. The number of aliphatic hydroxyl groups excluding tert-OH is 1. The molecule has 4 heteroatoms. The lowest BCUT2D eigenvalue weighted by atomic mass is 10.0. The van der Waals surface area contributed by atoms with Crippen molar-refractivity contribution in [2.75, 3.05) is 33.4 Å². The van der Waals surface area contributed by atoms with E-state index in [1.165, 1.54) is 36.8 Å². The third kappa shape index (κ3) is 9.93. The average molecular weight is 364 g/mol. The van der Waals surface area contributed by atoms with E-state index in [0.717, 1.165) is 25.7 Å². The summed E-state index contributed by atoms with van der Waals surface area (Å²) in [6.07, 6.45) is 9.82. The number of benzene rings is 1. The first-order valence-electron chi connectivity index (χ1n) is 10.2. The normalized spacial score (nSPS) is 10.9. The largest absolute Gasteiger partial charge is 0.395 e. The lowest BCUT2D eigenvalue weighted by Gasteiger charge is -2.21. The van der Waals surface area contributed by atoms with Crippen LogP contribution in [0.4, 0.5) is 0 Å². The second-order valence-electron chi connectivity index (χ2n) is 6.89. The monoisotopic (exact) mass is 363 g/mol. The molecule has 0 saturated heterocycles. The molecule has 0 unspecified atom stereocenters. The van der Waals surface area contributed by atoms with Gasteiger partial charge < -0.3 is 14.7 Å². The molecule has 0 atom stereocenters. The van der Waals surface area contributed by atoms with Gasteiger partial charge in [0.15, 0.2) is 0 Å². The lowest BCUT2D eigenvalue weighted by Crippen LogP contribution is -2.36. The van der Waals surface area contributed by atoms with E-state index in [1.807, 2.05) is 0 Å². The van der Waals surface area contributed by atoms with Crippen molar-refractivity contribution in [2.24, 2.45) is 0 Å². The molecule has 26 heavy (non-hydrogen) atoms. The smallest absolute Gasteiger partial charge is 0.222 e. The maximum Gasteiger partial charge on any atom is 0.222 e. The highest BCUT2D eigenvalue weighted by atomic mass is 16.5. The highest BCUT2D eigenvalue weighted by Gasteiger charge is 2.11. The van der Waals surface area contributed by atoms with Gasteiger partial charge in [0.05, 0.1) is 13.2 Å². The van der Waals surface area contributed by atoms with Gasteiger partial charge in [-0.2, -0.15) is 0 Å². The number of aliphatic hydroxyl groups is 1. The topological polar surface area (TPSA) is 49.8 Å². The van der Waals surface area contributed by atoms with Crippen molar-refractivity contribution in [1.82, 2.24) is 4.90 Å². The van der Waals surface area contributed by atoms with E-state index in [9.17, 15) is 4.79 Å². The number of unbranched alkanes of at least 4 members (excludes halogenated alkanes) is 5. The first-order chi connectivity index (χ1) is 12.7. The number of carbonyl (C=O) groups is 1. The molecule has 0 fully saturated rings. The summed E-state index contributed by atoms with van der Waals surface area (Å²) in [5.41, 5.74) is 2.84. The Bertz CT molecular complexity index is 473. The summed E-state index contributed by atoms with van der Waals surface area (Å²) < 4.78 is 5.02. The van der Waals surface area contributed by atoms with Crippen molar-refractivity contribution in [1.29, 1.82) is 0 Å². The number of rotatable bonds is 15. The minimum absolute atomic E-state index is 0.0105. The fourth-order valence-electron chi connectivity index (χ4n) is 3.10. The summed E-state index contributed by atoms with van der Waals surface area (Å²) in [6, 6.07) is 8.98. The van der Waals surface area contributed by atoms with Crippen molar-refractivity contribution in [2.45, 2.75) is 64.7 Å². The van der Waals surface area contributed by atoms with Gasteiger partial charge >= 0.3 is 0 Å². The minimum Gasteiger partial charge on any atom is -0.395 e. The first-order valence-corrected chi connectivity index (χ1v) is 10.2. The summed E-state index contributed by atoms with van der Waals surface area (Å²) in [5, 5.41) is 9.05. The van der Waals surface area contributed by atoms with Gasteiger partial charge in [0, 0.05) is 26.6 Å².